The van der Waals surface area contributed by atoms with Crippen LogP contribution in [0.1, 0.15) is 34.6 Å². The van der Waals surface area contributed by atoms with E-state index < -0.39 is 5.82 Å². The first kappa shape index (κ1) is 21.6. The molecule has 1 unspecified atom stereocenters. The largest absolute Gasteiger partial charge is 0.497 e. The summed E-state index contributed by atoms with van der Waals surface area (Å²) in [5.41, 5.74) is 11.3. The molecule has 0 spiro atoms. The Hall–Kier alpha value is -3.60. The Morgan fingerprint density at radius 2 is 1.97 bits per heavy atom. The maximum Gasteiger partial charge on any atom is 0.248 e. The summed E-state index contributed by atoms with van der Waals surface area (Å²) in [6.07, 6.45) is 8.67. The molecule has 0 saturated heterocycles. The Morgan fingerprint density at radius 3 is 2.72 bits per heavy atom. The smallest absolute Gasteiger partial charge is 0.248 e. The maximum atomic E-state index is 13.1. The minimum absolute atomic E-state index is 0.196. The van der Waals surface area contributed by atoms with Gasteiger partial charge in [-0.2, -0.15) is 0 Å². The Morgan fingerprint density at radius 1 is 1.16 bits per heavy atom. The van der Waals surface area contributed by atoms with Crippen LogP contribution >= 0.6 is 0 Å². The number of hydrogen-bond acceptors (Lipinski definition) is 3. The van der Waals surface area contributed by atoms with E-state index in [0.29, 0.717) is 11.6 Å². The van der Waals surface area contributed by atoms with Crippen molar-refractivity contribution in [3.63, 3.8) is 0 Å². The number of methoxy groups -OCH3 is 1. The van der Waals surface area contributed by atoms with Crippen molar-refractivity contribution in [1.29, 1.82) is 0 Å². The summed E-state index contributed by atoms with van der Waals surface area (Å²) in [5.74, 6) is 0.563. The molecule has 0 fully saturated rings. The number of halogens is 1. The van der Waals surface area contributed by atoms with E-state index in [4.69, 9.17) is 10.5 Å². The highest BCUT2D eigenvalue weighted by Crippen LogP contribution is 2.36. The van der Waals surface area contributed by atoms with E-state index in [0.717, 1.165) is 30.6 Å². The van der Waals surface area contributed by atoms with Crippen LogP contribution in [0.5, 0.6) is 5.75 Å². The monoisotopic (exact) mass is 429 g/mol. The molecule has 5 heteroatoms. The summed E-state index contributed by atoms with van der Waals surface area (Å²) in [4.78, 5) is 12.2. The molecule has 4 rings (SSSR count). The van der Waals surface area contributed by atoms with Crippen molar-refractivity contribution in [1.82, 2.24) is 0 Å². The number of hydrogen-bond donors (Lipinski definition) is 2. The van der Waals surface area contributed by atoms with E-state index in [2.05, 4.69) is 36.0 Å². The topological polar surface area (TPSA) is 64.3 Å². The zero-order valence-electron chi connectivity index (χ0n) is 18.0. The lowest BCUT2D eigenvalue weighted by molar-refractivity contribution is -0.111. The molecule has 1 aliphatic carbocycles. The fraction of sp³-hybridized carbons (Fsp3) is 0.185. The number of ether oxygens (including phenoxy) is 1. The molecular formula is C27H26FN2O2. The molecule has 1 radical (unpaired) electrons. The van der Waals surface area contributed by atoms with Gasteiger partial charge < -0.3 is 15.8 Å². The SMILES string of the molecule is COc1ccc(C[CH]C2CCc3cc(/C=C/C(=O)Nc4ccc(F)cc4N)ccc32)cc1. The van der Waals surface area contributed by atoms with Crippen molar-refractivity contribution in [2.45, 2.75) is 25.2 Å². The van der Waals surface area contributed by atoms with Crippen LogP contribution in [0.4, 0.5) is 15.8 Å². The zero-order chi connectivity index (χ0) is 22.5. The van der Waals surface area contributed by atoms with Gasteiger partial charge in [0.15, 0.2) is 0 Å². The van der Waals surface area contributed by atoms with Crippen molar-refractivity contribution in [3.8, 4) is 5.75 Å². The van der Waals surface area contributed by atoms with Gasteiger partial charge in [-0.15, -0.1) is 0 Å². The number of anilines is 2. The van der Waals surface area contributed by atoms with Crippen molar-refractivity contribution in [2.24, 2.45) is 0 Å². The number of amides is 1. The fourth-order valence-corrected chi connectivity index (χ4v) is 4.05. The molecule has 3 aromatic carbocycles. The number of benzene rings is 3. The Labute approximate surface area is 187 Å². The van der Waals surface area contributed by atoms with Gasteiger partial charge in [0.2, 0.25) is 5.91 Å². The lowest BCUT2D eigenvalue weighted by atomic mass is 9.93. The molecule has 0 saturated carbocycles. The van der Waals surface area contributed by atoms with E-state index in [9.17, 15) is 9.18 Å². The van der Waals surface area contributed by atoms with Gasteiger partial charge in [0.1, 0.15) is 11.6 Å². The average Bonchev–Trinajstić information content (AvgIpc) is 3.21. The molecule has 0 heterocycles. The predicted octanol–water partition coefficient (Wildman–Crippen LogP) is 5.55. The van der Waals surface area contributed by atoms with Crippen LogP contribution in [-0.4, -0.2) is 13.0 Å². The van der Waals surface area contributed by atoms with Crippen LogP contribution in [0.3, 0.4) is 0 Å². The second kappa shape index (κ2) is 9.69. The summed E-state index contributed by atoms with van der Waals surface area (Å²) in [7, 11) is 1.67. The Bertz CT molecular complexity index is 1140. The van der Waals surface area contributed by atoms with Gasteiger partial charge in [0, 0.05) is 6.08 Å². The van der Waals surface area contributed by atoms with Crippen LogP contribution in [0.2, 0.25) is 0 Å². The first-order valence-corrected chi connectivity index (χ1v) is 10.6. The van der Waals surface area contributed by atoms with Crippen LogP contribution in [0.15, 0.2) is 66.7 Å². The molecule has 1 aliphatic rings. The van der Waals surface area contributed by atoms with E-state index >= 15 is 0 Å². The average molecular weight is 430 g/mol. The van der Waals surface area contributed by atoms with Gasteiger partial charge in [0.25, 0.3) is 0 Å². The van der Waals surface area contributed by atoms with Gasteiger partial charge in [-0.05, 0) is 90.3 Å². The summed E-state index contributed by atoms with van der Waals surface area (Å²) in [5, 5.41) is 2.68. The zero-order valence-corrected chi connectivity index (χ0v) is 18.0. The predicted molar refractivity (Wildman–Crippen MR) is 127 cm³/mol. The van der Waals surface area contributed by atoms with Gasteiger partial charge in [-0.25, -0.2) is 4.39 Å². The number of nitrogens with one attached hydrogen (secondary N) is 1. The van der Waals surface area contributed by atoms with E-state index in [1.54, 1.807) is 13.2 Å². The number of nitrogens with two attached hydrogens (primary N) is 1. The third-order valence-corrected chi connectivity index (χ3v) is 5.79. The fourth-order valence-electron chi connectivity index (χ4n) is 4.05. The summed E-state index contributed by atoms with van der Waals surface area (Å²) < 4.78 is 18.4. The summed E-state index contributed by atoms with van der Waals surface area (Å²) in [6, 6.07) is 18.4. The van der Waals surface area contributed by atoms with E-state index in [1.807, 2.05) is 18.2 Å². The standard InChI is InChI=1S/C27H26FN2O2/c1-32-23-11-3-18(4-12-23)2-7-20-8-9-21-16-19(5-13-24(20)21)6-15-27(31)30-26-14-10-22(28)17-25(26)29/h3-7,10-17,20H,2,8-9,29H2,1H3,(H,30,31)/b15-6+. The second-order valence-corrected chi connectivity index (χ2v) is 7.95. The molecular weight excluding hydrogens is 403 g/mol. The van der Waals surface area contributed by atoms with E-state index in [1.165, 1.54) is 41.0 Å². The molecule has 4 nitrogen and oxygen atoms in total. The second-order valence-electron chi connectivity index (χ2n) is 7.95. The first-order chi connectivity index (χ1) is 15.5. The molecule has 32 heavy (non-hydrogen) atoms. The van der Waals surface area contributed by atoms with Gasteiger partial charge in [-0.3, -0.25) is 4.79 Å². The summed E-state index contributed by atoms with van der Waals surface area (Å²) >= 11 is 0. The normalized spacial score (nSPS) is 15.0. The minimum atomic E-state index is -0.436. The van der Waals surface area contributed by atoms with Crippen molar-refractivity contribution in [2.75, 3.05) is 18.2 Å². The van der Waals surface area contributed by atoms with Crippen molar-refractivity contribution >= 4 is 23.4 Å². The molecule has 0 aromatic heterocycles. The molecule has 1 amide bonds. The van der Waals surface area contributed by atoms with Crippen LogP contribution in [0.25, 0.3) is 6.08 Å². The molecule has 3 N–H and O–H groups in total. The van der Waals surface area contributed by atoms with Crippen LogP contribution in [0, 0.1) is 12.2 Å². The Kier molecular flexibility index (Phi) is 6.55. The highest BCUT2D eigenvalue weighted by atomic mass is 19.1. The number of rotatable bonds is 7. The van der Waals surface area contributed by atoms with Gasteiger partial charge in [-0.1, -0.05) is 30.3 Å². The third kappa shape index (κ3) is 5.17. The van der Waals surface area contributed by atoms with Crippen molar-refractivity contribution in [3.05, 3.63) is 101 Å². The molecule has 163 valence electrons. The quantitative estimate of drug-likeness (QED) is 0.383. The van der Waals surface area contributed by atoms with Gasteiger partial charge in [0.05, 0.1) is 18.5 Å². The molecule has 1 atom stereocenters. The molecule has 3 aromatic rings. The maximum absolute atomic E-state index is 13.1. The lowest BCUT2D eigenvalue weighted by Crippen LogP contribution is -2.09. The number of carbonyl (C=O) groups is 1. The number of fused-ring (bicyclic) bond motifs is 1. The van der Waals surface area contributed by atoms with E-state index in [-0.39, 0.29) is 11.6 Å². The lowest BCUT2D eigenvalue weighted by Gasteiger charge is -2.12. The minimum Gasteiger partial charge on any atom is -0.497 e. The molecule has 0 aliphatic heterocycles. The number of nitrogen functional groups attached to an aromatic ring is 1. The van der Waals surface area contributed by atoms with Gasteiger partial charge >= 0.3 is 0 Å². The van der Waals surface area contributed by atoms with Crippen molar-refractivity contribution < 1.29 is 13.9 Å². The first-order valence-electron chi connectivity index (χ1n) is 10.6. The highest BCUT2D eigenvalue weighted by molar-refractivity contribution is 6.03. The number of carbonyl (C=O) groups excluding carboxylic acids is 1. The highest BCUT2D eigenvalue weighted by Gasteiger charge is 2.22. The third-order valence-electron chi connectivity index (χ3n) is 5.79. The summed E-state index contributed by atoms with van der Waals surface area (Å²) in [6.45, 7) is 0. The molecule has 0 bridgehead atoms. The van der Waals surface area contributed by atoms with Crippen LogP contribution in [-0.2, 0) is 17.6 Å². The Balaban J connectivity index is 1.35. The number of aryl methyl sites for hydroxylation is 1. The van der Waals surface area contributed by atoms with Crippen LogP contribution < -0.4 is 15.8 Å².